The highest BCUT2D eigenvalue weighted by Crippen LogP contribution is 2.47. The molecule has 0 saturated carbocycles. The quantitative estimate of drug-likeness (QED) is 0.628. The summed E-state index contributed by atoms with van der Waals surface area (Å²) in [7, 11) is 0. The van der Waals surface area contributed by atoms with E-state index in [0.717, 1.165) is 26.7 Å². The van der Waals surface area contributed by atoms with Crippen LogP contribution in [0.4, 0.5) is 0 Å². The summed E-state index contributed by atoms with van der Waals surface area (Å²) in [4.78, 5) is 28.0. The number of carbonyl (C=O) groups is 2. The Kier molecular flexibility index (Phi) is 5.69. The van der Waals surface area contributed by atoms with Gasteiger partial charge in [0.05, 0.1) is 0 Å². The number of aliphatic hydroxyl groups is 1. The third-order valence-electron chi connectivity index (χ3n) is 5.71. The molecule has 2 aromatic carbocycles. The number of likely N-dealkylation sites (tertiary alicyclic amines) is 1. The monoisotopic (exact) mass is 471 g/mol. The van der Waals surface area contributed by atoms with Gasteiger partial charge in [-0.25, -0.2) is 0 Å². The van der Waals surface area contributed by atoms with Gasteiger partial charge < -0.3 is 10.0 Å². The fourth-order valence-electron chi connectivity index (χ4n) is 4.21. The maximum absolute atomic E-state index is 13.3. The molecule has 0 aromatic heterocycles. The largest absolute Gasteiger partial charge is 0.379 e. The highest BCUT2D eigenvalue weighted by atomic mass is 79.9. The first-order valence-corrected chi connectivity index (χ1v) is 11.8. The molecule has 1 saturated heterocycles. The highest BCUT2D eigenvalue weighted by Gasteiger charge is 2.57. The van der Waals surface area contributed by atoms with Crippen LogP contribution in [0, 0.1) is 5.92 Å². The van der Waals surface area contributed by atoms with E-state index in [-0.39, 0.29) is 18.1 Å². The summed E-state index contributed by atoms with van der Waals surface area (Å²) in [5.41, 5.74) is -0.413. The number of hydrogen-bond acceptors (Lipinski definition) is 4. The Morgan fingerprint density at radius 2 is 2.03 bits per heavy atom. The van der Waals surface area contributed by atoms with Crippen LogP contribution in [0.25, 0.3) is 10.8 Å². The fraction of sp³-hybridized carbons (Fsp3) is 0.304. The van der Waals surface area contributed by atoms with Crippen molar-refractivity contribution in [2.75, 3.05) is 18.6 Å². The molecule has 4 nitrogen and oxygen atoms in total. The van der Waals surface area contributed by atoms with E-state index in [1.807, 2.05) is 54.8 Å². The topological polar surface area (TPSA) is 57.6 Å². The zero-order valence-corrected chi connectivity index (χ0v) is 18.5. The zero-order valence-electron chi connectivity index (χ0n) is 16.1. The first-order valence-electron chi connectivity index (χ1n) is 9.57. The van der Waals surface area contributed by atoms with Crippen molar-refractivity contribution in [2.24, 2.45) is 5.92 Å². The second-order valence-corrected chi connectivity index (χ2v) is 9.30. The van der Waals surface area contributed by atoms with Gasteiger partial charge in [-0.2, -0.15) is 11.8 Å². The number of benzene rings is 2. The van der Waals surface area contributed by atoms with Crippen LogP contribution in [0.5, 0.6) is 0 Å². The first-order chi connectivity index (χ1) is 14.0. The number of Topliss-reactive ketones (excluding diaryl/α,β-unsaturated/α-hetero) is 1. The maximum Gasteiger partial charge on any atom is 0.259 e. The standard InChI is InChI=1S/C23H22BrNO3S/c1-29-12-11-25-21-18(7-4-8-19(21)24)23(28,22(25)27)14-20(26)17-10-9-15-5-2-3-6-16(15)13-17/h2-6,8-10,13,18,28H,7,11-12,14H2,1H3. The van der Waals surface area contributed by atoms with E-state index < -0.39 is 11.5 Å². The minimum Gasteiger partial charge on any atom is -0.379 e. The third-order valence-corrected chi connectivity index (χ3v) is 6.98. The summed E-state index contributed by atoms with van der Waals surface area (Å²) in [5.74, 6) is -0.244. The SMILES string of the molecule is CSCCN1C(=O)C(O)(CC(=O)c2ccc3ccccc3c2)C2CC=CC(Br)=C21. The van der Waals surface area contributed by atoms with Crippen LogP contribution in [0.2, 0.25) is 0 Å². The van der Waals surface area contributed by atoms with Crippen LogP contribution >= 0.6 is 27.7 Å². The molecule has 1 aliphatic heterocycles. The van der Waals surface area contributed by atoms with Crippen molar-refractivity contribution < 1.29 is 14.7 Å². The summed E-state index contributed by atoms with van der Waals surface area (Å²) >= 11 is 5.19. The average Bonchev–Trinajstić information content (AvgIpc) is 2.94. The lowest BCUT2D eigenvalue weighted by Gasteiger charge is -2.27. The number of allylic oxidation sites excluding steroid dienone is 3. The molecule has 1 N–H and O–H groups in total. The number of nitrogens with zero attached hydrogens (tertiary/aromatic N) is 1. The molecule has 2 atom stereocenters. The highest BCUT2D eigenvalue weighted by molar-refractivity contribution is 9.11. The molecule has 2 unspecified atom stereocenters. The van der Waals surface area contributed by atoms with Gasteiger partial charge in [-0.3, -0.25) is 9.59 Å². The van der Waals surface area contributed by atoms with Crippen LogP contribution in [0.15, 0.2) is 64.8 Å². The number of ketones is 1. The average molecular weight is 472 g/mol. The summed E-state index contributed by atoms with van der Waals surface area (Å²) in [6.07, 6.45) is 6.16. The first kappa shape index (κ1) is 20.4. The molecule has 2 aromatic rings. The number of hydrogen-bond donors (Lipinski definition) is 1. The number of halogens is 1. The molecule has 1 aliphatic carbocycles. The second-order valence-electron chi connectivity index (χ2n) is 7.46. The van der Waals surface area contributed by atoms with Crippen molar-refractivity contribution in [2.45, 2.75) is 18.4 Å². The number of rotatable bonds is 6. The fourth-order valence-corrected chi connectivity index (χ4v) is 5.26. The summed E-state index contributed by atoms with van der Waals surface area (Å²) in [5, 5.41) is 13.5. The minimum absolute atomic E-state index is 0.219. The van der Waals surface area contributed by atoms with E-state index in [1.165, 1.54) is 0 Å². The van der Waals surface area contributed by atoms with E-state index in [9.17, 15) is 14.7 Å². The van der Waals surface area contributed by atoms with Crippen LogP contribution in [0.1, 0.15) is 23.2 Å². The Hall–Kier alpha value is -1.89. The molecule has 29 heavy (non-hydrogen) atoms. The van der Waals surface area contributed by atoms with Crippen LogP contribution in [-0.4, -0.2) is 45.9 Å². The smallest absolute Gasteiger partial charge is 0.259 e. The molecule has 0 bridgehead atoms. The predicted octanol–water partition coefficient (Wildman–Crippen LogP) is 4.53. The molecule has 4 rings (SSSR count). The maximum atomic E-state index is 13.3. The number of fused-ring (bicyclic) bond motifs is 2. The lowest BCUT2D eigenvalue weighted by Crippen LogP contribution is -2.45. The Balaban J connectivity index is 1.66. The number of thioether (sulfide) groups is 1. The van der Waals surface area contributed by atoms with Gasteiger partial charge in [0.25, 0.3) is 5.91 Å². The Morgan fingerprint density at radius 3 is 2.79 bits per heavy atom. The lowest BCUT2D eigenvalue weighted by atomic mass is 9.79. The molecular formula is C23H22BrNO3S. The number of carbonyl (C=O) groups excluding carboxylic acids is 2. The van der Waals surface area contributed by atoms with Gasteiger partial charge >= 0.3 is 0 Å². The van der Waals surface area contributed by atoms with E-state index in [2.05, 4.69) is 15.9 Å². The lowest BCUT2D eigenvalue weighted by molar-refractivity contribution is -0.144. The second kappa shape index (κ2) is 8.09. The van der Waals surface area contributed by atoms with Crippen molar-refractivity contribution in [1.82, 2.24) is 4.90 Å². The molecule has 1 amide bonds. The molecule has 1 fully saturated rings. The molecular weight excluding hydrogens is 450 g/mol. The summed E-state index contributed by atoms with van der Waals surface area (Å²) in [6, 6.07) is 13.3. The Bertz CT molecular complexity index is 1050. The van der Waals surface area contributed by atoms with Gasteiger partial charge in [-0.15, -0.1) is 0 Å². The van der Waals surface area contributed by atoms with Gasteiger partial charge in [0.2, 0.25) is 0 Å². The summed E-state index contributed by atoms with van der Waals surface area (Å²) in [6.45, 7) is 0.515. The van der Waals surface area contributed by atoms with Gasteiger partial charge in [-0.1, -0.05) is 48.6 Å². The Morgan fingerprint density at radius 1 is 1.28 bits per heavy atom. The van der Waals surface area contributed by atoms with Gasteiger partial charge in [0.15, 0.2) is 11.4 Å². The van der Waals surface area contributed by atoms with Crippen molar-refractivity contribution in [3.8, 4) is 0 Å². The molecule has 6 heteroatoms. The molecule has 150 valence electrons. The van der Waals surface area contributed by atoms with E-state index in [0.29, 0.717) is 18.5 Å². The van der Waals surface area contributed by atoms with Gasteiger partial charge in [0.1, 0.15) is 0 Å². The van der Waals surface area contributed by atoms with Crippen LogP contribution in [-0.2, 0) is 4.79 Å². The van der Waals surface area contributed by atoms with Crippen LogP contribution < -0.4 is 0 Å². The predicted molar refractivity (Wildman–Crippen MR) is 121 cm³/mol. The Labute approximate surface area is 182 Å². The summed E-state index contributed by atoms with van der Waals surface area (Å²) < 4.78 is 0.803. The molecule has 1 heterocycles. The van der Waals surface area contributed by atoms with Gasteiger partial charge in [-0.05, 0) is 45.4 Å². The minimum atomic E-state index is -1.72. The third kappa shape index (κ3) is 3.58. The molecule has 0 spiro atoms. The van der Waals surface area contributed by atoms with Crippen LogP contribution in [0.3, 0.4) is 0 Å². The van der Waals surface area contributed by atoms with Crippen molar-refractivity contribution >= 4 is 50.2 Å². The van der Waals surface area contributed by atoms with Gasteiger partial charge in [0, 0.05) is 40.4 Å². The van der Waals surface area contributed by atoms with Crippen molar-refractivity contribution in [3.05, 3.63) is 70.4 Å². The van der Waals surface area contributed by atoms with E-state index in [4.69, 9.17) is 0 Å². The van der Waals surface area contributed by atoms with Crippen molar-refractivity contribution in [3.63, 3.8) is 0 Å². The molecule has 0 radical (unpaired) electrons. The zero-order chi connectivity index (χ0) is 20.6. The normalized spacial score (nSPS) is 23.8. The van der Waals surface area contributed by atoms with E-state index >= 15 is 0 Å². The van der Waals surface area contributed by atoms with Crippen molar-refractivity contribution in [1.29, 1.82) is 0 Å². The van der Waals surface area contributed by atoms with E-state index in [1.54, 1.807) is 22.7 Å². The molecule has 2 aliphatic rings. The number of amides is 1.